The second-order valence-electron chi connectivity index (χ2n) is 3.03. The molecule has 0 saturated carbocycles. The highest BCUT2D eigenvalue weighted by atomic mass is 79.9. The zero-order valence-corrected chi connectivity index (χ0v) is 10.8. The Kier molecular flexibility index (Phi) is 3.87. The summed E-state index contributed by atoms with van der Waals surface area (Å²) in [6.07, 6.45) is 0. The van der Waals surface area contributed by atoms with Gasteiger partial charge in [0.25, 0.3) is 0 Å². The lowest BCUT2D eigenvalue weighted by Crippen LogP contribution is -2.06. The monoisotopic (exact) mass is 318 g/mol. The van der Waals surface area contributed by atoms with E-state index in [4.69, 9.17) is 14.3 Å². The van der Waals surface area contributed by atoms with E-state index in [2.05, 4.69) is 26.1 Å². The number of aromatic nitrogens is 2. The largest absolute Gasteiger partial charge is 0.480 e. The quantitative estimate of drug-likeness (QED) is 0.909. The topological polar surface area (TPSA) is 85.5 Å². The molecule has 0 bridgehead atoms. The molecule has 2 aromatic heterocycles. The molecule has 6 nitrogen and oxygen atoms in total. The minimum Gasteiger partial charge on any atom is -0.480 e. The number of nitrogens with zero attached hydrogens (tertiary/aromatic N) is 2. The van der Waals surface area contributed by atoms with Gasteiger partial charge in [-0.1, -0.05) is 0 Å². The van der Waals surface area contributed by atoms with Gasteiger partial charge in [0.05, 0.1) is 9.35 Å². The minimum absolute atomic E-state index is 0.00932. The van der Waals surface area contributed by atoms with Gasteiger partial charge in [0.2, 0.25) is 11.8 Å². The summed E-state index contributed by atoms with van der Waals surface area (Å²) in [5, 5.41) is 17.8. The Morgan fingerprint density at radius 1 is 1.59 bits per heavy atom. The second-order valence-corrected chi connectivity index (χ2v) is 5.32. The lowest BCUT2D eigenvalue weighted by Gasteiger charge is -1.94. The third-order valence-corrected chi connectivity index (χ3v) is 3.24. The van der Waals surface area contributed by atoms with E-state index in [9.17, 15) is 4.79 Å². The normalized spacial score (nSPS) is 10.6. The fraction of sp³-hybridized carbons (Fsp3) is 0.222. The van der Waals surface area contributed by atoms with Crippen LogP contribution in [-0.4, -0.2) is 27.9 Å². The molecule has 2 heterocycles. The lowest BCUT2D eigenvalue weighted by atomic mass is 10.3. The number of hydrogen-bond acceptors (Lipinski definition) is 6. The summed E-state index contributed by atoms with van der Waals surface area (Å²) in [4.78, 5) is 10.2. The molecular formula is C9H7BrN2O4S. The molecule has 0 amide bonds. The average Bonchev–Trinajstić information content (AvgIpc) is 2.86. The van der Waals surface area contributed by atoms with E-state index in [1.165, 1.54) is 11.3 Å². The van der Waals surface area contributed by atoms with Crippen molar-refractivity contribution in [1.29, 1.82) is 0 Å². The maximum atomic E-state index is 10.2. The van der Waals surface area contributed by atoms with Gasteiger partial charge in [0, 0.05) is 5.38 Å². The Morgan fingerprint density at radius 3 is 3.06 bits per heavy atom. The number of carbonyl (C=O) groups is 1. The van der Waals surface area contributed by atoms with Crippen LogP contribution in [0.1, 0.15) is 5.89 Å². The highest BCUT2D eigenvalue weighted by Gasteiger charge is 2.10. The molecule has 0 radical (unpaired) electrons. The molecule has 0 unspecified atom stereocenters. The number of hydrogen-bond donors (Lipinski definition) is 1. The number of rotatable bonds is 5. The number of thiophene rings is 1. The van der Waals surface area contributed by atoms with Crippen molar-refractivity contribution in [3.63, 3.8) is 0 Å². The summed E-state index contributed by atoms with van der Waals surface area (Å²) in [6.45, 7) is -0.397. The van der Waals surface area contributed by atoms with E-state index >= 15 is 0 Å². The Balaban J connectivity index is 1.98. The van der Waals surface area contributed by atoms with Crippen molar-refractivity contribution in [2.24, 2.45) is 0 Å². The van der Waals surface area contributed by atoms with Gasteiger partial charge in [-0.15, -0.1) is 21.5 Å². The van der Waals surface area contributed by atoms with E-state index in [0.717, 1.165) is 9.35 Å². The summed E-state index contributed by atoms with van der Waals surface area (Å²) >= 11 is 4.84. The van der Waals surface area contributed by atoms with Crippen LogP contribution in [0.25, 0.3) is 11.5 Å². The van der Waals surface area contributed by atoms with Crippen LogP contribution in [0.2, 0.25) is 0 Å². The maximum absolute atomic E-state index is 10.2. The number of carboxylic acids is 1. The van der Waals surface area contributed by atoms with Gasteiger partial charge in [-0.2, -0.15) is 0 Å². The number of halogens is 1. The Hall–Kier alpha value is -1.25. The smallest absolute Gasteiger partial charge is 0.329 e. The second kappa shape index (κ2) is 5.39. The molecule has 0 aliphatic heterocycles. The van der Waals surface area contributed by atoms with Gasteiger partial charge in [-0.05, 0) is 22.0 Å². The maximum Gasteiger partial charge on any atom is 0.329 e. The van der Waals surface area contributed by atoms with Crippen LogP contribution in [0.15, 0.2) is 19.6 Å². The zero-order chi connectivity index (χ0) is 12.3. The van der Waals surface area contributed by atoms with Gasteiger partial charge in [0.1, 0.15) is 13.2 Å². The van der Waals surface area contributed by atoms with Crippen molar-refractivity contribution in [1.82, 2.24) is 10.2 Å². The molecule has 17 heavy (non-hydrogen) atoms. The van der Waals surface area contributed by atoms with Crippen molar-refractivity contribution in [3.8, 4) is 11.5 Å². The standard InChI is InChI=1S/C9H7BrN2O4S/c10-6-1-5(4-17-6)9-12-11-7(16-9)2-15-3-8(13)14/h1,4H,2-3H2,(H,13,14). The van der Waals surface area contributed by atoms with Crippen LogP contribution in [-0.2, 0) is 16.1 Å². The molecule has 0 aliphatic carbocycles. The molecule has 1 N–H and O–H groups in total. The third-order valence-electron chi connectivity index (χ3n) is 1.73. The first kappa shape index (κ1) is 12.2. The molecule has 0 aromatic carbocycles. The highest BCUT2D eigenvalue weighted by molar-refractivity contribution is 9.11. The molecule has 0 spiro atoms. The fourth-order valence-electron chi connectivity index (χ4n) is 1.08. The number of aliphatic carboxylic acids is 1. The fourth-order valence-corrected chi connectivity index (χ4v) is 2.21. The van der Waals surface area contributed by atoms with Gasteiger partial charge in [0.15, 0.2) is 0 Å². The van der Waals surface area contributed by atoms with E-state index in [-0.39, 0.29) is 19.1 Å². The predicted octanol–water partition coefficient (Wildman–Crippen LogP) is 2.16. The summed E-state index contributed by atoms with van der Waals surface area (Å²) in [5.74, 6) is -0.393. The van der Waals surface area contributed by atoms with E-state index in [1.54, 1.807) is 0 Å². The van der Waals surface area contributed by atoms with Crippen LogP contribution in [0.3, 0.4) is 0 Å². The van der Waals surface area contributed by atoms with Crippen LogP contribution >= 0.6 is 27.3 Å². The molecule has 0 saturated heterocycles. The third kappa shape index (κ3) is 3.35. The lowest BCUT2D eigenvalue weighted by molar-refractivity contribution is -0.142. The van der Waals surface area contributed by atoms with E-state index < -0.39 is 5.97 Å². The predicted molar refractivity (Wildman–Crippen MR) is 62.6 cm³/mol. The first-order valence-corrected chi connectivity index (χ1v) is 6.19. The number of ether oxygens (including phenoxy) is 1. The summed E-state index contributed by atoms with van der Waals surface area (Å²) in [7, 11) is 0. The van der Waals surface area contributed by atoms with Gasteiger partial charge < -0.3 is 14.3 Å². The number of carboxylic acid groups (broad SMARTS) is 1. The zero-order valence-electron chi connectivity index (χ0n) is 8.42. The molecule has 0 fully saturated rings. The molecule has 2 aromatic rings. The van der Waals surface area contributed by atoms with Crippen LogP contribution in [0, 0.1) is 0 Å². The molecule has 90 valence electrons. The first-order valence-electron chi connectivity index (χ1n) is 4.51. The molecule has 0 aliphatic rings. The average molecular weight is 319 g/mol. The van der Waals surface area contributed by atoms with Crippen LogP contribution in [0.5, 0.6) is 0 Å². The summed E-state index contributed by atoms with van der Waals surface area (Å²) in [5.41, 5.74) is 0.818. The molecule has 0 atom stereocenters. The molecule has 2 rings (SSSR count). The van der Waals surface area contributed by atoms with Crippen molar-refractivity contribution in [2.75, 3.05) is 6.61 Å². The Bertz CT molecular complexity index is 525. The van der Waals surface area contributed by atoms with Gasteiger partial charge in [-0.25, -0.2) is 4.79 Å². The first-order chi connectivity index (χ1) is 8.15. The Labute approximate surface area is 108 Å². The summed E-state index contributed by atoms with van der Waals surface area (Å²) in [6, 6.07) is 1.86. The van der Waals surface area contributed by atoms with E-state index in [0.29, 0.717) is 5.89 Å². The molecule has 8 heteroatoms. The van der Waals surface area contributed by atoms with Gasteiger partial charge >= 0.3 is 5.97 Å². The van der Waals surface area contributed by atoms with Crippen LogP contribution in [0.4, 0.5) is 0 Å². The van der Waals surface area contributed by atoms with Crippen molar-refractivity contribution >= 4 is 33.2 Å². The molecular weight excluding hydrogens is 312 g/mol. The summed E-state index contributed by atoms with van der Waals surface area (Å²) < 4.78 is 11.1. The van der Waals surface area contributed by atoms with Crippen LogP contribution < -0.4 is 0 Å². The van der Waals surface area contributed by atoms with Gasteiger partial charge in [-0.3, -0.25) is 0 Å². The highest BCUT2D eigenvalue weighted by Crippen LogP contribution is 2.28. The minimum atomic E-state index is -1.04. The van der Waals surface area contributed by atoms with Crippen molar-refractivity contribution in [2.45, 2.75) is 6.61 Å². The van der Waals surface area contributed by atoms with Crippen molar-refractivity contribution < 1.29 is 19.1 Å². The van der Waals surface area contributed by atoms with E-state index in [1.807, 2.05) is 11.4 Å². The van der Waals surface area contributed by atoms with Crippen molar-refractivity contribution in [3.05, 3.63) is 21.1 Å². The SMILES string of the molecule is O=C(O)COCc1nnc(-c2csc(Br)c2)o1. The Morgan fingerprint density at radius 2 is 2.41 bits per heavy atom.